The first-order valence-electron chi connectivity index (χ1n) is 3.85. The monoisotopic (exact) mass is 290 g/mol. The average Bonchev–Trinajstić information content (AvgIpc) is 2.21. The number of rotatable bonds is 1. The van der Waals surface area contributed by atoms with E-state index in [9.17, 15) is 0 Å². The molecule has 0 saturated carbocycles. The number of aromatic nitrogens is 1. The molecule has 2 aromatic rings. The van der Waals surface area contributed by atoms with E-state index < -0.39 is 0 Å². The SMILES string of the molecule is [CH3-].[CH3-].[Pd].[c-]1ccccc1-c1ccccn1. The fourth-order valence-corrected chi connectivity index (χ4v) is 1.07. The van der Waals surface area contributed by atoms with E-state index in [2.05, 4.69) is 11.1 Å². The molecule has 0 fully saturated rings. The quantitative estimate of drug-likeness (QED) is 0.579. The summed E-state index contributed by atoms with van der Waals surface area (Å²) in [5, 5.41) is 0. The van der Waals surface area contributed by atoms with Crippen molar-refractivity contribution in [1.82, 2.24) is 4.98 Å². The van der Waals surface area contributed by atoms with Crippen LogP contribution in [0.5, 0.6) is 0 Å². The van der Waals surface area contributed by atoms with E-state index in [1.807, 2.05) is 42.5 Å². The Morgan fingerprint density at radius 3 is 2.20 bits per heavy atom. The van der Waals surface area contributed by atoms with Crippen LogP contribution in [0.25, 0.3) is 11.3 Å². The molecule has 2 rings (SSSR count). The molecule has 1 aromatic carbocycles. The Kier molecular flexibility index (Phi) is 9.16. The van der Waals surface area contributed by atoms with E-state index in [4.69, 9.17) is 0 Å². The molecule has 0 aliphatic carbocycles. The maximum atomic E-state index is 4.22. The molecule has 0 amide bonds. The molecule has 0 aliphatic rings. The molecular weight excluding hydrogens is 277 g/mol. The first kappa shape index (κ1) is 16.5. The van der Waals surface area contributed by atoms with Gasteiger partial charge in [0, 0.05) is 26.6 Å². The smallest absolute Gasteiger partial charge is 0.0160 e. The van der Waals surface area contributed by atoms with E-state index in [-0.39, 0.29) is 35.3 Å². The van der Waals surface area contributed by atoms with E-state index >= 15 is 0 Å². The van der Waals surface area contributed by atoms with Crippen molar-refractivity contribution in [2.24, 2.45) is 0 Å². The molecule has 84 valence electrons. The van der Waals surface area contributed by atoms with Gasteiger partial charge in [-0.05, 0) is 11.8 Å². The van der Waals surface area contributed by atoms with Gasteiger partial charge in [0.2, 0.25) is 0 Å². The van der Waals surface area contributed by atoms with Gasteiger partial charge in [-0.3, -0.25) is 0 Å². The molecule has 1 aromatic heterocycles. The Balaban J connectivity index is 0. The normalized spacial score (nSPS) is 7.73. The Bertz CT molecular complexity index is 308. The second kappa shape index (κ2) is 8.35. The van der Waals surface area contributed by atoms with Crippen LogP contribution in [0, 0.1) is 20.9 Å². The minimum Gasteiger partial charge on any atom is -0.358 e. The van der Waals surface area contributed by atoms with Gasteiger partial charge in [0.15, 0.2) is 0 Å². The standard InChI is InChI=1S/C11H8N.2CH3.Pd/c1-2-6-10(7-3-1)11-8-4-5-9-12-11;;;/h1-6,8-9H;2*1H3;/q3*-1;. The zero-order chi connectivity index (χ0) is 8.23. The van der Waals surface area contributed by atoms with Crippen molar-refractivity contribution < 1.29 is 20.4 Å². The molecule has 0 unspecified atom stereocenters. The molecule has 1 heterocycles. The van der Waals surface area contributed by atoms with Crippen LogP contribution in [0.4, 0.5) is 0 Å². The number of hydrogen-bond acceptors (Lipinski definition) is 1. The molecule has 15 heavy (non-hydrogen) atoms. The van der Waals surface area contributed by atoms with Crippen LogP contribution in [0.15, 0.2) is 48.7 Å². The zero-order valence-corrected chi connectivity index (χ0v) is 10.4. The van der Waals surface area contributed by atoms with Crippen molar-refractivity contribution in [2.75, 3.05) is 0 Å². The third kappa shape index (κ3) is 4.38. The van der Waals surface area contributed by atoms with Gasteiger partial charge < -0.3 is 19.8 Å². The van der Waals surface area contributed by atoms with Crippen molar-refractivity contribution in [3.8, 4) is 11.3 Å². The number of nitrogens with zero attached hydrogens (tertiary/aromatic N) is 1. The maximum absolute atomic E-state index is 4.22. The molecule has 0 N–H and O–H groups in total. The Morgan fingerprint density at radius 2 is 1.67 bits per heavy atom. The first-order valence-corrected chi connectivity index (χ1v) is 3.85. The van der Waals surface area contributed by atoms with Crippen LogP contribution in [0.3, 0.4) is 0 Å². The summed E-state index contributed by atoms with van der Waals surface area (Å²) < 4.78 is 0. The van der Waals surface area contributed by atoms with Crippen molar-refractivity contribution in [3.05, 3.63) is 69.6 Å². The fraction of sp³-hybridized carbons (Fsp3) is 0. The summed E-state index contributed by atoms with van der Waals surface area (Å²) in [4.78, 5) is 4.22. The van der Waals surface area contributed by atoms with Gasteiger partial charge in [0.25, 0.3) is 0 Å². The van der Waals surface area contributed by atoms with Gasteiger partial charge in [-0.1, -0.05) is 12.1 Å². The molecular formula is C13H14NPd-3. The van der Waals surface area contributed by atoms with E-state index in [0.29, 0.717) is 0 Å². The predicted octanol–water partition coefficient (Wildman–Crippen LogP) is 3.45. The van der Waals surface area contributed by atoms with Gasteiger partial charge in [0.1, 0.15) is 0 Å². The van der Waals surface area contributed by atoms with Crippen molar-refractivity contribution in [3.63, 3.8) is 0 Å². The summed E-state index contributed by atoms with van der Waals surface area (Å²) in [5.41, 5.74) is 2.01. The second-order valence-electron chi connectivity index (χ2n) is 2.49. The van der Waals surface area contributed by atoms with Gasteiger partial charge in [0.05, 0.1) is 0 Å². The van der Waals surface area contributed by atoms with Gasteiger partial charge in [-0.15, -0.1) is 35.9 Å². The molecule has 0 radical (unpaired) electrons. The first-order chi connectivity index (χ1) is 5.97. The number of pyridine rings is 1. The van der Waals surface area contributed by atoms with E-state index in [0.717, 1.165) is 11.3 Å². The van der Waals surface area contributed by atoms with Crippen LogP contribution < -0.4 is 0 Å². The van der Waals surface area contributed by atoms with Crippen LogP contribution in [0.2, 0.25) is 0 Å². The van der Waals surface area contributed by atoms with E-state index in [1.54, 1.807) is 6.20 Å². The summed E-state index contributed by atoms with van der Waals surface area (Å²) >= 11 is 0. The fourth-order valence-electron chi connectivity index (χ4n) is 1.07. The van der Waals surface area contributed by atoms with Crippen LogP contribution in [-0.2, 0) is 20.4 Å². The molecule has 0 spiro atoms. The average molecular weight is 291 g/mol. The Morgan fingerprint density at radius 1 is 0.933 bits per heavy atom. The van der Waals surface area contributed by atoms with Crippen LogP contribution in [0.1, 0.15) is 0 Å². The molecule has 0 bridgehead atoms. The molecule has 1 nitrogen and oxygen atoms in total. The predicted molar refractivity (Wildman–Crippen MR) is 61.3 cm³/mol. The van der Waals surface area contributed by atoms with Gasteiger partial charge in [-0.2, -0.15) is 0 Å². The van der Waals surface area contributed by atoms with Gasteiger partial charge in [-0.25, -0.2) is 0 Å². The Labute approximate surface area is 106 Å². The minimum absolute atomic E-state index is 0. The molecule has 2 heteroatoms. The van der Waals surface area contributed by atoms with Crippen LogP contribution >= 0.6 is 0 Å². The van der Waals surface area contributed by atoms with Crippen molar-refractivity contribution >= 4 is 0 Å². The van der Waals surface area contributed by atoms with Gasteiger partial charge >= 0.3 is 0 Å². The summed E-state index contributed by atoms with van der Waals surface area (Å²) in [6.45, 7) is 0. The van der Waals surface area contributed by atoms with Crippen molar-refractivity contribution in [1.29, 1.82) is 0 Å². The number of hydrogen-bond donors (Lipinski definition) is 0. The second-order valence-corrected chi connectivity index (χ2v) is 2.49. The maximum Gasteiger partial charge on any atom is 0.0160 e. The largest absolute Gasteiger partial charge is 0.358 e. The summed E-state index contributed by atoms with van der Waals surface area (Å²) in [7, 11) is 0. The molecule has 0 aliphatic heterocycles. The van der Waals surface area contributed by atoms with E-state index in [1.165, 1.54) is 0 Å². The summed E-state index contributed by atoms with van der Waals surface area (Å²) in [6, 6.07) is 16.8. The van der Waals surface area contributed by atoms with Crippen molar-refractivity contribution in [2.45, 2.75) is 0 Å². The van der Waals surface area contributed by atoms with Crippen LogP contribution in [-0.4, -0.2) is 4.98 Å². The topological polar surface area (TPSA) is 12.9 Å². The summed E-state index contributed by atoms with van der Waals surface area (Å²) in [6.07, 6.45) is 1.79. The Hall–Kier alpha value is -0.968. The third-order valence-electron chi connectivity index (χ3n) is 1.65. The number of benzene rings is 1. The molecule has 0 atom stereocenters. The minimum atomic E-state index is 0. The molecule has 0 saturated heterocycles. The third-order valence-corrected chi connectivity index (χ3v) is 1.65. The summed E-state index contributed by atoms with van der Waals surface area (Å²) in [5.74, 6) is 0. The zero-order valence-electron chi connectivity index (χ0n) is 8.88.